The molecule has 0 amide bonds. The van der Waals surface area contributed by atoms with Gasteiger partial charge in [0, 0.05) is 13.1 Å². The largest absolute Gasteiger partial charge is 0.374 e. The lowest BCUT2D eigenvalue weighted by molar-refractivity contribution is -0.0455. The minimum atomic E-state index is -0.146. The third-order valence-electron chi connectivity index (χ3n) is 4.15. The minimum absolute atomic E-state index is 0.120. The molecule has 1 N–H and O–H groups in total. The summed E-state index contributed by atoms with van der Waals surface area (Å²) >= 11 is 0. The molecule has 2 atom stereocenters. The second-order valence-corrected chi connectivity index (χ2v) is 5.74. The predicted molar refractivity (Wildman–Crippen MR) is 84.0 cm³/mol. The summed E-state index contributed by atoms with van der Waals surface area (Å²) in [6.45, 7) is 10.8. The van der Waals surface area contributed by atoms with Crippen molar-refractivity contribution in [1.29, 1.82) is 0 Å². The predicted octanol–water partition coefficient (Wildman–Crippen LogP) is 2.90. The molecule has 0 aromatic heterocycles. The summed E-state index contributed by atoms with van der Waals surface area (Å²) in [7, 11) is 0. The van der Waals surface area contributed by atoms with Crippen LogP contribution < -0.4 is 5.32 Å². The van der Waals surface area contributed by atoms with E-state index in [1.807, 2.05) is 19.1 Å². The van der Waals surface area contributed by atoms with E-state index >= 15 is 0 Å². The Morgan fingerprint density at radius 1 is 1.43 bits per heavy atom. The van der Waals surface area contributed by atoms with Gasteiger partial charge in [0.25, 0.3) is 0 Å². The highest BCUT2D eigenvalue weighted by Crippen LogP contribution is 2.24. The summed E-state index contributed by atoms with van der Waals surface area (Å²) in [4.78, 5) is 2.41. The standard InChI is InChI=1S/C17H27FN2O/c1-4-8-19-17(14-6-7-15(18)13(3)11-14)16-12-20(5-2)9-10-21-16/h6-7,11,16-17,19H,4-5,8-10,12H2,1-3H3. The zero-order valence-corrected chi connectivity index (χ0v) is 13.4. The summed E-state index contributed by atoms with van der Waals surface area (Å²) in [6, 6.07) is 5.51. The van der Waals surface area contributed by atoms with Gasteiger partial charge in [-0.1, -0.05) is 26.0 Å². The number of ether oxygens (including phenoxy) is 1. The third kappa shape index (κ3) is 4.25. The van der Waals surface area contributed by atoms with Crippen LogP contribution in [-0.2, 0) is 4.74 Å². The van der Waals surface area contributed by atoms with E-state index in [-0.39, 0.29) is 18.0 Å². The number of rotatable bonds is 6. The van der Waals surface area contributed by atoms with Crippen LogP contribution in [0.4, 0.5) is 4.39 Å². The van der Waals surface area contributed by atoms with E-state index in [2.05, 4.69) is 24.1 Å². The quantitative estimate of drug-likeness (QED) is 0.873. The Kier molecular flexibility index (Phi) is 6.15. The van der Waals surface area contributed by atoms with E-state index in [9.17, 15) is 4.39 Å². The Hall–Kier alpha value is -0.970. The number of hydrogen-bond acceptors (Lipinski definition) is 3. The van der Waals surface area contributed by atoms with Crippen LogP contribution in [0, 0.1) is 12.7 Å². The van der Waals surface area contributed by atoms with Gasteiger partial charge in [-0.2, -0.15) is 0 Å². The third-order valence-corrected chi connectivity index (χ3v) is 4.15. The molecular formula is C17H27FN2O. The molecule has 0 saturated carbocycles. The van der Waals surface area contributed by atoms with E-state index in [0.29, 0.717) is 5.56 Å². The maximum absolute atomic E-state index is 13.5. The molecule has 1 aromatic carbocycles. The van der Waals surface area contributed by atoms with Gasteiger partial charge in [-0.3, -0.25) is 4.90 Å². The van der Waals surface area contributed by atoms with Gasteiger partial charge in [0.1, 0.15) is 5.82 Å². The van der Waals surface area contributed by atoms with E-state index in [0.717, 1.165) is 44.8 Å². The summed E-state index contributed by atoms with van der Waals surface area (Å²) in [5, 5.41) is 3.57. The lowest BCUT2D eigenvalue weighted by Gasteiger charge is -2.37. The van der Waals surface area contributed by atoms with Crippen molar-refractivity contribution in [2.24, 2.45) is 0 Å². The second-order valence-electron chi connectivity index (χ2n) is 5.74. The molecule has 1 saturated heterocycles. The number of morpholine rings is 1. The Bertz CT molecular complexity index is 452. The van der Waals surface area contributed by atoms with Gasteiger partial charge in [-0.05, 0) is 43.6 Å². The van der Waals surface area contributed by atoms with Crippen LogP contribution in [0.3, 0.4) is 0 Å². The fourth-order valence-corrected chi connectivity index (χ4v) is 2.85. The molecule has 1 aliphatic rings. The average Bonchev–Trinajstić information content (AvgIpc) is 2.51. The monoisotopic (exact) mass is 294 g/mol. The molecule has 1 aromatic rings. The number of halogens is 1. The summed E-state index contributed by atoms with van der Waals surface area (Å²) < 4.78 is 19.5. The second kappa shape index (κ2) is 7.87. The zero-order chi connectivity index (χ0) is 15.2. The zero-order valence-electron chi connectivity index (χ0n) is 13.4. The highest BCUT2D eigenvalue weighted by Gasteiger charge is 2.28. The summed E-state index contributed by atoms with van der Waals surface area (Å²) in [5.74, 6) is -0.146. The lowest BCUT2D eigenvalue weighted by Crippen LogP contribution is -2.48. The van der Waals surface area contributed by atoms with Crippen molar-refractivity contribution in [3.05, 3.63) is 35.1 Å². The van der Waals surface area contributed by atoms with Gasteiger partial charge in [-0.25, -0.2) is 4.39 Å². The molecule has 0 bridgehead atoms. The number of nitrogens with one attached hydrogen (secondary N) is 1. The number of hydrogen-bond donors (Lipinski definition) is 1. The van der Waals surface area contributed by atoms with Crippen LogP contribution in [0.25, 0.3) is 0 Å². The Balaban J connectivity index is 2.18. The molecule has 1 aliphatic heterocycles. The van der Waals surface area contributed by atoms with E-state index in [4.69, 9.17) is 4.74 Å². The Morgan fingerprint density at radius 2 is 2.24 bits per heavy atom. The average molecular weight is 294 g/mol. The van der Waals surface area contributed by atoms with E-state index in [1.165, 1.54) is 0 Å². The molecule has 2 rings (SSSR count). The van der Waals surface area contributed by atoms with Crippen molar-refractivity contribution >= 4 is 0 Å². The first kappa shape index (κ1) is 16.4. The minimum Gasteiger partial charge on any atom is -0.374 e. The van der Waals surface area contributed by atoms with Crippen LogP contribution in [0.1, 0.15) is 37.4 Å². The highest BCUT2D eigenvalue weighted by molar-refractivity contribution is 5.27. The number of likely N-dealkylation sites (N-methyl/N-ethyl adjacent to an activating group) is 1. The SMILES string of the molecule is CCCNC(c1ccc(F)c(C)c1)C1CN(CC)CCO1. The smallest absolute Gasteiger partial charge is 0.126 e. The molecule has 3 nitrogen and oxygen atoms in total. The molecule has 1 heterocycles. The summed E-state index contributed by atoms with van der Waals surface area (Å²) in [6.07, 6.45) is 1.19. The maximum Gasteiger partial charge on any atom is 0.126 e. The summed E-state index contributed by atoms with van der Waals surface area (Å²) in [5.41, 5.74) is 1.81. The molecule has 0 aliphatic carbocycles. The molecule has 21 heavy (non-hydrogen) atoms. The number of benzene rings is 1. The van der Waals surface area contributed by atoms with Crippen molar-refractivity contribution in [3.63, 3.8) is 0 Å². The first-order valence-electron chi connectivity index (χ1n) is 7.99. The Morgan fingerprint density at radius 3 is 2.90 bits per heavy atom. The normalized spacial score (nSPS) is 21.4. The molecule has 0 spiro atoms. The van der Waals surface area contributed by atoms with Crippen LogP contribution >= 0.6 is 0 Å². The van der Waals surface area contributed by atoms with Gasteiger partial charge < -0.3 is 10.1 Å². The number of nitrogens with zero attached hydrogens (tertiary/aromatic N) is 1. The number of aryl methyl sites for hydroxylation is 1. The fourth-order valence-electron chi connectivity index (χ4n) is 2.85. The molecule has 4 heteroatoms. The van der Waals surface area contributed by atoms with Gasteiger partial charge in [-0.15, -0.1) is 0 Å². The van der Waals surface area contributed by atoms with Crippen LogP contribution in [0.15, 0.2) is 18.2 Å². The van der Waals surface area contributed by atoms with E-state index < -0.39 is 0 Å². The van der Waals surface area contributed by atoms with Crippen LogP contribution in [0.5, 0.6) is 0 Å². The van der Waals surface area contributed by atoms with Gasteiger partial charge in [0.2, 0.25) is 0 Å². The van der Waals surface area contributed by atoms with Crippen LogP contribution in [0.2, 0.25) is 0 Å². The van der Waals surface area contributed by atoms with Crippen molar-refractivity contribution in [2.45, 2.75) is 39.3 Å². The van der Waals surface area contributed by atoms with Crippen LogP contribution in [-0.4, -0.2) is 43.8 Å². The van der Waals surface area contributed by atoms with Crippen molar-refractivity contribution in [2.75, 3.05) is 32.8 Å². The topological polar surface area (TPSA) is 24.5 Å². The molecule has 2 unspecified atom stereocenters. The van der Waals surface area contributed by atoms with Crippen molar-refractivity contribution < 1.29 is 9.13 Å². The molecular weight excluding hydrogens is 267 g/mol. The molecule has 0 radical (unpaired) electrons. The maximum atomic E-state index is 13.5. The van der Waals surface area contributed by atoms with Crippen molar-refractivity contribution in [3.8, 4) is 0 Å². The molecule has 118 valence electrons. The fraction of sp³-hybridized carbons (Fsp3) is 0.647. The van der Waals surface area contributed by atoms with Gasteiger partial charge in [0.05, 0.1) is 18.8 Å². The first-order chi connectivity index (χ1) is 10.2. The van der Waals surface area contributed by atoms with Gasteiger partial charge >= 0.3 is 0 Å². The Labute approximate surface area is 127 Å². The lowest BCUT2D eigenvalue weighted by atomic mass is 9.98. The highest BCUT2D eigenvalue weighted by atomic mass is 19.1. The van der Waals surface area contributed by atoms with E-state index in [1.54, 1.807) is 6.07 Å². The first-order valence-corrected chi connectivity index (χ1v) is 7.99. The molecule has 1 fully saturated rings. The van der Waals surface area contributed by atoms with Crippen molar-refractivity contribution in [1.82, 2.24) is 10.2 Å². The van der Waals surface area contributed by atoms with Gasteiger partial charge in [0.15, 0.2) is 0 Å².